The van der Waals surface area contributed by atoms with Crippen LogP contribution in [0.2, 0.25) is 0 Å². The summed E-state index contributed by atoms with van der Waals surface area (Å²) in [6.45, 7) is 5.65. The zero-order valence-corrected chi connectivity index (χ0v) is 17.1. The first-order valence-corrected chi connectivity index (χ1v) is 10.5. The predicted octanol–water partition coefficient (Wildman–Crippen LogP) is 3.50. The molecule has 0 radical (unpaired) electrons. The smallest absolute Gasteiger partial charge is 0.248 e. The average Bonchev–Trinajstić information content (AvgIpc) is 2.61. The topological polar surface area (TPSA) is 75.7 Å². The highest BCUT2D eigenvalue weighted by Crippen LogP contribution is 2.27. The van der Waals surface area contributed by atoms with E-state index in [0.29, 0.717) is 23.5 Å². The minimum atomic E-state index is -3.67. The Hall–Kier alpha value is -2.54. The maximum atomic E-state index is 13.0. The summed E-state index contributed by atoms with van der Waals surface area (Å²) in [6, 6.07) is 11.5. The van der Waals surface area contributed by atoms with Crippen molar-refractivity contribution in [2.45, 2.75) is 33.2 Å². The lowest BCUT2D eigenvalue weighted by Crippen LogP contribution is -2.47. The van der Waals surface area contributed by atoms with Crippen molar-refractivity contribution in [2.75, 3.05) is 23.0 Å². The van der Waals surface area contributed by atoms with Crippen LogP contribution >= 0.6 is 0 Å². The molecule has 0 aliphatic heterocycles. The summed E-state index contributed by atoms with van der Waals surface area (Å²) < 4.78 is 31.5. The molecule has 1 N–H and O–H groups in total. The van der Waals surface area contributed by atoms with E-state index in [0.717, 1.165) is 17.4 Å². The number of sulfonamides is 1. The van der Waals surface area contributed by atoms with Crippen LogP contribution in [0.15, 0.2) is 42.5 Å². The van der Waals surface area contributed by atoms with Crippen molar-refractivity contribution >= 4 is 27.3 Å². The minimum Gasteiger partial charge on any atom is -0.495 e. The van der Waals surface area contributed by atoms with E-state index in [4.69, 9.17) is 4.74 Å². The SMILES string of the molecule is CC[C@H](C(=O)Nc1ccccc1OC)N(c1ccc(C)c(C)c1)S(C)(=O)=O. The number of anilines is 2. The number of rotatable bonds is 7. The third kappa shape index (κ3) is 4.80. The largest absolute Gasteiger partial charge is 0.495 e. The number of hydrogen-bond acceptors (Lipinski definition) is 4. The molecule has 7 heteroatoms. The summed E-state index contributed by atoms with van der Waals surface area (Å²) in [7, 11) is -2.16. The van der Waals surface area contributed by atoms with Crippen molar-refractivity contribution in [3.05, 3.63) is 53.6 Å². The average molecular weight is 391 g/mol. The van der Waals surface area contributed by atoms with Gasteiger partial charge in [-0.05, 0) is 55.7 Å². The van der Waals surface area contributed by atoms with E-state index in [2.05, 4.69) is 5.32 Å². The fourth-order valence-corrected chi connectivity index (χ4v) is 4.09. The number of ether oxygens (including phenoxy) is 1. The van der Waals surface area contributed by atoms with Crippen molar-refractivity contribution in [2.24, 2.45) is 0 Å². The van der Waals surface area contributed by atoms with Gasteiger partial charge in [-0.15, -0.1) is 0 Å². The first-order valence-electron chi connectivity index (χ1n) is 8.69. The monoisotopic (exact) mass is 390 g/mol. The van der Waals surface area contributed by atoms with Crippen LogP contribution in [-0.4, -0.2) is 33.7 Å². The van der Waals surface area contributed by atoms with Crippen molar-refractivity contribution < 1.29 is 17.9 Å². The second-order valence-corrected chi connectivity index (χ2v) is 8.30. The second-order valence-electron chi connectivity index (χ2n) is 6.44. The molecule has 6 nitrogen and oxygen atoms in total. The quantitative estimate of drug-likeness (QED) is 0.785. The van der Waals surface area contributed by atoms with Crippen molar-refractivity contribution in [3.63, 3.8) is 0 Å². The Morgan fingerprint density at radius 1 is 1.15 bits per heavy atom. The van der Waals surface area contributed by atoms with E-state index in [9.17, 15) is 13.2 Å². The molecule has 27 heavy (non-hydrogen) atoms. The number of methoxy groups -OCH3 is 1. The van der Waals surface area contributed by atoms with E-state index >= 15 is 0 Å². The number of hydrogen-bond donors (Lipinski definition) is 1. The Morgan fingerprint density at radius 3 is 2.37 bits per heavy atom. The normalized spacial score (nSPS) is 12.3. The fraction of sp³-hybridized carbons (Fsp3) is 0.350. The standard InChI is InChI=1S/C20H26N2O4S/c1-6-18(20(23)21-17-9-7-8-10-19(17)26-4)22(27(5,24)25)16-12-11-14(2)15(3)13-16/h7-13,18H,6H2,1-5H3,(H,21,23)/t18-/m1/s1. The highest BCUT2D eigenvalue weighted by Gasteiger charge is 2.32. The van der Waals surface area contributed by atoms with Gasteiger partial charge in [0, 0.05) is 0 Å². The fourth-order valence-electron chi connectivity index (χ4n) is 2.89. The van der Waals surface area contributed by atoms with Crippen LogP contribution in [0.25, 0.3) is 0 Å². The van der Waals surface area contributed by atoms with Crippen LogP contribution in [0.1, 0.15) is 24.5 Å². The second kappa shape index (κ2) is 8.43. The maximum Gasteiger partial charge on any atom is 0.248 e. The number of aryl methyl sites for hydroxylation is 2. The van der Waals surface area contributed by atoms with Crippen LogP contribution in [-0.2, 0) is 14.8 Å². The van der Waals surface area contributed by atoms with Gasteiger partial charge in [0.05, 0.1) is 24.7 Å². The molecule has 1 amide bonds. The summed E-state index contributed by atoms with van der Waals surface area (Å²) in [5.74, 6) is 0.100. The van der Waals surface area contributed by atoms with Crippen molar-refractivity contribution in [1.29, 1.82) is 0 Å². The Balaban J connectivity index is 2.43. The lowest BCUT2D eigenvalue weighted by Gasteiger charge is -2.30. The van der Waals surface area contributed by atoms with Crippen LogP contribution < -0.4 is 14.4 Å². The zero-order chi connectivity index (χ0) is 20.2. The minimum absolute atomic E-state index is 0.320. The molecule has 0 saturated carbocycles. The van der Waals surface area contributed by atoms with E-state index in [1.54, 1.807) is 43.3 Å². The molecule has 0 bridgehead atoms. The predicted molar refractivity (Wildman–Crippen MR) is 109 cm³/mol. The van der Waals surface area contributed by atoms with E-state index < -0.39 is 22.0 Å². The van der Waals surface area contributed by atoms with Crippen molar-refractivity contribution in [3.8, 4) is 5.75 Å². The number of benzene rings is 2. The van der Waals surface area contributed by atoms with Crippen LogP contribution in [0.4, 0.5) is 11.4 Å². The van der Waals surface area contributed by atoms with Gasteiger partial charge in [-0.2, -0.15) is 0 Å². The van der Waals surface area contributed by atoms with Gasteiger partial charge in [-0.25, -0.2) is 8.42 Å². The first kappa shape index (κ1) is 20.8. The summed E-state index contributed by atoms with van der Waals surface area (Å²) in [6.07, 6.45) is 1.43. The number of amides is 1. The maximum absolute atomic E-state index is 13.0. The van der Waals surface area contributed by atoms with Gasteiger partial charge in [0.25, 0.3) is 0 Å². The van der Waals surface area contributed by atoms with Crippen molar-refractivity contribution in [1.82, 2.24) is 0 Å². The van der Waals surface area contributed by atoms with Gasteiger partial charge in [0.15, 0.2) is 0 Å². The Labute approximate surface area is 161 Å². The molecule has 2 aromatic carbocycles. The zero-order valence-electron chi connectivity index (χ0n) is 16.3. The lowest BCUT2D eigenvalue weighted by atomic mass is 10.1. The molecule has 0 aromatic heterocycles. The van der Waals surface area contributed by atoms with Gasteiger partial charge in [0.2, 0.25) is 15.9 Å². The van der Waals surface area contributed by atoms with Gasteiger partial charge >= 0.3 is 0 Å². The number of carbonyl (C=O) groups excluding carboxylic acids is 1. The van der Waals surface area contributed by atoms with E-state index in [-0.39, 0.29) is 0 Å². The highest BCUT2D eigenvalue weighted by molar-refractivity contribution is 7.92. The molecule has 0 fully saturated rings. The molecule has 0 aliphatic rings. The molecule has 0 spiro atoms. The molecular weight excluding hydrogens is 364 g/mol. The third-order valence-electron chi connectivity index (χ3n) is 4.44. The van der Waals surface area contributed by atoms with Crippen LogP contribution in [0.5, 0.6) is 5.75 Å². The molecule has 0 unspecified atom stereocenters. The molecule has 0 heterocycles. The van der Waals surface area contributed by atoms with Crippen LogP contribution in [0.3, 0.4) is 0 Å². The molecule has 1 atom stereocenters. The Bertz CT molecular complexity index is 925. The summed E-state index contributed by atoms with van der Waals surface area (Å²) in [4.78, 5) is 13.0. The van der Waals surface area contributed by atoms with E-state index in [1.165, 1.54) is 11.4 Å². The van der Waals surface area contributed by atoms with Gasteiger partial charge in [-0.1, -0.05) is 25.1 Å². The Morgan fingerprint density at radius 2 is 1.81 bits per heavy atom. The van der Waals surface area contributed by atoms with Gasteiger partial charge in [0.1, 0.15) is 11.8 Å². The molecule has 2 rings (SSSR count). The number of para-hydroxylation sites is 2. The van der Waals surface area contributed by atoms with Crippen LogP contribution in [0, 0.1) is 13.8 Å². The third-order valence-corrected chi connectivity index (χ3v) is 5.62. The molecular formula is C20H26N2O4S. The summed E-state index contributed by atoms with van der Waals surface area (Å²) >= 11 is 0. The molecule has 146 valence electrons. The van der Waals surface area contributed by atoms with Gasteiger partial charge < -0.3 is 10.1 Å². The lowest BCUT2D eigenvalue weighted by molar-refractivity contribution is -0.117. The summed E-state index contributed by atoms with van der Waals surface area (Å²) in [5.41, 5.74) is 2.99. The highest BCUT2D eigenvalue weighted by atomic mass is 32.2. The first-order chi connectivity index (χ1) is 12.7. The van der Waals surface area contributed by atoms with Gasteiger partial charge in [-0.3, -0.25) is 9.10 Å². The Kier molecular flexibility index (Phi) is 6.49. The molecule has 0 saturated heterocycles. The molecule has 0 aliphatic carbocycles. The number of nitrogens with zero attached hydrogens (tertiary/aromatic N) is 1. The summed E-state index contributed by atoms with van der Waals surface area (Å²) in [5, 5.41) is 2.79. The number of nitrogens with one attached hydrogen (secondary N) is 1. The number of carbonyl (C=O) groups is 1. The molecule has 2 aromatic rings. The van der Waals surface area contributed by atoms with E-state index in [1.807, 2.05) is 19.9 Å².